The number of aromatic nitrogens is 1. The third-order valence-electron chi connectivity index (χ3n) is 3.08. The summed E-state index contributed by atoms with van der Waals surface area (Å²) in [5.41, 5.74) is 0.806. The fourth-order valence-corrected chi connectivity index (χ4v) is 2.94. The number of carbonyl (C=O) groups excluding carboxylic acids is 1. The summed E-state index contributed by atoms with van der Waals surface area (Å²) in [5.74, 6) is 0.742. The van der Waals surface area contributed by atoms with E-state index >= 15 is 0 Å². The van der Waals surface area contributed by atoms with Crippen LogP contribution in [0.5, 0.6) is 5.75 Å². The van der Waals surface area contributed by atoms with Gasteiger partial charge in [-0.1, -0.05) is 0 Å². The second-order valence-electron chi connectivity index (χ2n) is 4.26. The first kappa shape index (κ1) is 12.4. The predicted octanol–water partition coefficient (Wildman–Crippen LogP) is 1.78. The van der Waals surface area contributed by atoms with Crippen molar-refractivity contribution in [2.24, 2.45) is 0 Å². The van der Waals surface area contributed by atoms with E-state index in [1.807, 2.05) is 18.2 Å². The van der Waals surface area contributed by atoms with Gasteiger partial charge in [-0.05, 0) is 12.1 Å². The number of hydrogen-bond donors (Lipinski definition) is 0. The number of morpholine rings is 1. The second kappa shape index (κ2) is 5.14. The molecule has 0 N–H and O–H groups in total. The van der Waals surface area contributed by atoms with E-state index in [9.17, 15) is 4.79 Å². The molecular weight excluding hydrogens is 264 g/mol. The summed E-state index contributed by atoms with van der Waals surface area (Å²) in [6, 6.07) is 5.66. The molecule has 0 spiro atoms. The summed E-state index contributed by atoms with van der Waals surface area (Å²) in [6.07, 6.45) is 0. The molecule has 2 heterocycles. The quantitative estimate of drug-likeness (QED) is 0.840. The Bertz CT molecular complexity index is 605. The van der Waals surface area contributed by atoms with Gasteiger partial charge < -0.3 is 14.4 Å². The normalized spacial score (nSPS) is 15.7. The van der Waals surface area contributed by atoms with Crippen molar-refractivity contribution in [2.75, 3.05) is 33.4 Å². The van der Waals surface area contributed by atoms with Gasteiger partial charge >= 0.3 is 0 Å². The Morgan fingerprint density at radius 1 is 1.42 bits per heavy atom. The predicted molar refractivity (Wildman–Crippen MR) is 72.9 cm³/mol. The van der Waals surface area contributed by atoms with Gasteiger partial charge in [-0.2, -0.15) is 0 Å². The van der Waals surface area contributed by atoms with Crippen molar-refractivity contribution in [1.82, 2.24) is 9.88 Å². The van der Waals surface area contributed by atoms with E-state index in [0.717, 1.165) is 16.0 Å². The Morgan fingerprint density at radius 3 is 2.95 bits per heavy atom. The zero-order chi connectivity index (χ0) is 13.2. The van der Waals surface area contributed by atoms with Crippen molar-refractivity contribution in [2.45, 2.75) is 0 Å². The monoisotopic (exact) mass is 278 g/mol. The highest BCUT2D eigenvalue weighted by molar-refractivity contribution is 7.20. The molecule has 1 fully saturated rings. The first-order chi connectivity index (χ1) is 9.28. The average Bonchev–Trinajstić information content (AvgIpc) is 2.90. The van der Waals surface area contributed by atoms with E-state index in [4.69, 9.17) is 9.47 Å². The molecule has 1 aromatic carbocycles. The molecule has 1 saturated heterocycles. The first-order valence-electron chi connectivity index (χ1n) is 6.09. The zero-order valence-electron chi connectivity index (χ0n) is 10.6. The minimum atomic E-state index is -0.0107. The molecule has 1 aromatic heterocycles. The molecule has 1 aliphatic heterocycles. The van der Waals surface area contributed by atoms with Crippen LogP contribution in [0.15, 0.2) is 18.2 Å². The number of benzene rings is 1. The largest absolute Gasteiger partial charge is 0.497 e. The van der Waals surface area contributed by atoms with E-state index in [1.165, 1.54) is 11.3 Å². The smallest absolute Gasteiger partial charge is 0.283 e. The lowest BCUT2D eigenvalue weighted by Gasteiger charge is -2.25. The van der Waals surface area contributed by atoms with E-state index < -0.39 is 0 Å². The molecule has 1 amide bonds. The van der Waals surface area contributed by atoms with Gasteiger partial charge in [-0.25, -0.2) is 4.98 Å². The summed E-state index contributed by atoms with van der Waals surface area (Å²) in [4.78, 5) is 18.5. The zero-order valence-corrected chi connectivity index (χ0v) is 11.4. The lowest BCUT2D eigenvalue weighted by molar-refractivity contribution is 0.0303. The van der Waals surface area contributed by atoms with Crippen molar-refractivity contribution in [1.29, 1.82) is 0 Å². The molecule has 0 unspecified atom stereocenters. The molecule has 6 heteroatoms. The Labute approximate surface area is 114 Å². The van der Waals surface area contributed by atoms with Gasteiger partial charge in [0.2, 0.25) is 0 Å². The third-order valence-corrected chi connectivity index (χ3v) is 4.10. The second-order valence-corrected chi connectivity index (χ2v) is 5.29. The minimum Gasteiger partial charge on any atom is -0.497 e. The highest BCUT2D eigenvalue weighted by Gasteiger charge is 2.21. The number of amides is 1. The van der Waals surface area contributed by atoms with Crippen LogP contribution in [0, 0.1) is 0 Å². The van der Waals surface area contributed by atoms with Crippen molar-refractivity contribution in [3.05, 3.63) is 23.2 Å². The number of fused-ring (bicyclic) bond motifs is 1. The van der Waals surface area contributed by atoms with Crippen LogP contribution in [0.2, 0.25) is 0 Å². The molecule has 1 aliphatic rings. The highest BCUT2D eigenvalue weighted by Crippen LogP contribution is 2.26. The Morgan fingerprint density at radius 2 is 2.21 bits per heavy atom. The number of carbonyl (C=O) groups is 1. The maximum Gasteiger partial charge on any atom is 0.283 e. The van der Waals surface area contributed by atoms with Crippen LogP contribution in [0.3, 0.4) is 0 Å². The Hall–Kier alpha value is -1.66. The topological polar surface area (TPSA) is 51.7 Å². The Kier molecular flexibility index (Phi) is 3.35. The summed E-state index contributed by atoms with van der Waals surface area (Å²) in [6.45, 7) is 2.48. The fraction of sp³-hybridized carbons (Fsp3) is 0.385. The molecule has 19 heavy (non-hydrogen) atoms. The Balaban J connectivity index is 1.89. The standard InChI is InChI=1S/C13H14N2O3S/c1-17-9-2-3-11-10(8-9)14-12(19-11)13(16)15-4-6-18-7-5-15/h2-3,8H,4-7H2,1H3. The summed E-state index contributed by atoms with van der Waals surface area (Å²) >= 11 is 1.42. The number of nitrogens with zero attached hydrogens (tertiary/aromatic N) is 2. The van der Waals surface area contributed by atoms with Gasteiger partial charge in [0.05, 0.1) is 30.5 Å². The minimum absolute atomic E-state index is 0.0107. The molecule has 0 aliphatic carbocycles. The fourth-order valence-electron chi connectivity index (χ4n) is 2.03. The van der Waals surface area contributed by atoms with Crippen LogP contribution < -0.4 is 4.74 Å². The SMILES string of the molecule is COc1ccc2sc(C(=O)N3CCOCC3)nc2c1. The number of hydrogen-bond acceptors (Lipinski definition) is 5. The van der Waals surface area contributed by atoms with E-state index in [2.05, 4.69) is 4.98 Å². The molecule has 0 radical (unpaired) electrons. The number of rotatable bonds is 2. The van der Waals surface area contributed by atoms with Gasteiger partial charge in [-0.3, -0.25) is 4.79 Å². The molecule has 100 valence electrons. The van der Waals surface area contributed by atoms with Crippen LogP contribution in [0.4, 0.5) is 0 Å². The molecule has 5 nitrogen and oxygen atoms in total. The highest BCUT2D eigenvalue weighted by atomic mass is 32.1. The van der Waals surface area contributed by atoms with E-state index in [-0.39, 0.29) is 5.91 Å². The van der Waals surface area contributed by atoms with Crippen LogP contribution >= 0.6 is 11.3 Å². The van der Waals surface area contributed by atoms with Gasteiger partial charge in [0.1, 0.15) is 5.75 Å². The number of methoxy groups -OCH3 is 1. The van der Waals surface area contributed by atoms with Gasteiger partial charge in [-0.15, -0.1) is 11.3 Å². The van der Waals surface area contributed by atoms with Gasteiger partial charge in [0, 0.05) is 19.2 Å². The molecule has 0 bridgehead atoms. The van der Waals surface area contributed by atoms with Crippen LogP contribution in [0.25, 0.3) is 10.2 Å². The summed E-state index contributed by atoms with van der Waals surface area (Å²) in [7, 11) is 1.62. The van der Waals surface area contributed by atoms with Crippen molar-refractivity contribution in [3.8, 4) is 5.75 Å². The van der Waals surface area contributed by atoms with Gasteiger partial charge in [0.25, 0.3) is 5.91 Å². The van der Waals surface area contributed by atoms with Crippen LogP contribution in [-0.2, 0) is 4.74 Å². The van der Waals surface area contributed by atoms with E-state index in [0.29, 0.717) is 31.3 Å². The number of thiazole rings is 1. The van der Waals surface area contributed by atoms with Crippen LogP contribution in [0.1, 0.15) is 9.80 Å². The summed E-state index contributed by atoms with van der Waals surface area (Å²) in [5, 5.41) is 0.533. The molecular formula is C13H14N2O3S. The average molecular weight is 278 g/mol. The molecule has 3 rings (SSSR count). The van der Waals surface area contributed by atoms with Gasteiger partial charge in [0.15, 0.2) is 5.01 Å². The third kappa shape index (κ3) is 2.41. The number of ether oxygens (including phenoxy) is 2. The summed E-state index contributed by atoms with van der Waals surface area (Å²) < 4.78 is 11.4. The molecule has 2 aromatic rings. The maximum atomic E-state index is 12.3. The first-order valence-corrected chi connectivity index (χ1v) is 6.91. The van der Waals surface area contributed by atoms with E-state index in [1.54, 1.807) is 12.0 Å². The van der Waals surface area contributed by atoms with Crippen molar-refractivity contribution < 1.29 is 14.3 Å². The van der Waals surface area contributed by atoms with Crippen molar-refractivity contribution in [3.63, 3.8) is 0 Å². The lowest BCUT2D eigenvalue weighted by atomic mass is 10.3. The maximum absolute atomic E-state index is 12.3. The lowest BCUT2D eigenvalue weighted by Crippen LogP contribution is -2.40. The molecule has 0 atom stereocenters. The van der Waals surface area contributed by atoms with Crippen molar-refractivity contribution >= 4 is 27.5 Å². The van der Waals surface area contributed by atoms with Crippen LogP contribution in [-0.4, -0.2) is 49.2 Å². The molecule has 0 saturated carbocycles.